The molecule has 2 aromatic carbocycles. The van der Waals surface area contributed by atoms with Crippen molar-refractivity contribution in [2.24, 2.45) is 10.8 Å². The lowest BCUT2D eigenvalue weighted by molar-refractivity contribution is -0.0398. The maximum atomic E-state index is 6.34. The van der Waals surface area contributed by atoms with Crippen LogP contribution in [0.5, 0.6) is 0 Å². The molecule has 4 heteroatoms. The Morgan fingerprint density at radius 1 is 0.595 bits per heavy atom. The molecule has 0 aliphatic heterocycles. The Labute approximate surface area is 259 Å². The zero-order valence-electron chi connectivity index (χ0n) is 29.6. The quantitative estimate of drug-likeness (QED) is 0.185. The van der Waals surface area contributed by atoms with Crippen molar-refractivity contribution in [1.29, 1.82) is 0 Å². The summed E-state index contributed by atoms with van der Waals surface area (Å²) in [4.78, 5) is 0. The van der Waals surface area contributed by atoms with Crippen LogP contribution in [0.4, 0.5) is 0 Å². The van der Waals surface area contributed by atoms with Gasteiger partial charge in [-0.2, -0.15) is 0 Å². The topological polar surface area (TPSA) is 36.9 Å². The van der Waals surface area contributed by atoms with Gasteiger partial charge in [0.2, 0.25) is 0 Å². The van der Waals surface area contributed by atoms with Crippen LogP contribution in [0.1, 0.15) is 131 Å². The van der Waals surface area contributed by atoms with Crippen LogP contribution in [0.15, 0.2) is 48.5 Å². The third-order valence-electron chi connectivity index (χ3n) is 8.13. The van der Waals surface area contributed by atoms with Gasteiger partial charge in [-0.1, -0.05) is 104 Å². The predicted molar refractivity (Wildman–Crippen MR) is 179 cm³/mol. The molecule has 2 rings (SSSR count). The highest BCUT2D eigenvalue weighted by atomic mass is 16.5. The van der Waals surface area contributed by atoms with Crippen LogP contribution < -0.4 is 0 Å². The fourth-order valence-corrected chi connectivity index (χ4v) is 4.83. The highest BCUT2D eigenvalue weighted by Crippen LogP contribution is 2.35. The van der Waals surface area contributed by atoms with Gasteiger partial charge in [0.05, 0.1) is 31.0 Å². The van der Waals surface area contributed by atoms with Gasteiger partial charge in [-0.25, -0.2) is 0 Å². The first-order valence-corrected chi connectivity index (χ1v) is 16.1. The lowest BCUT2D eigenvalue weighted by atomic mass is 9.77. The predicted octanol–water partition coefficient (Wildman–Crippen LogP) is 10.3. The second-order valence-corrected chi connectivity index (χ2v) is 14.3. The van der Waals surface area contributed by atoms with Gasteiger partial charge in [-0.15, -0.1) is 0 Å². The van der Waals surface area contributed by atoms with E-state index in [0.29, 0.717) is 6.61 Å². The molecular formula is C38H64O4. The summed E-state index contributed by atoms with van der Waals surface area (Å²) in [5.74, 6) is 0. The van der Waals surface area contributed by atoms with Crippen LogP contribution in [-0.2, 0) is 30.0 Å². The summed E-state index contributed by atoms with van der Waals surface area (Å²) in [6.07, 6.45) is 2.24. The van der Waals surface area contributed by atoms with Gasteiger partial charge in [-0.3, -0.25) is 0 Å². The summed E-state index contributed by atoms with van der Waals surface area (Å²) in [6.45, 7) is 31.0. The molecule has 0 heterocycles. The Kier molecular flexibility index (Phi) is 15.5. The molecule has 0 radical (unpaired) electrons. The average molecular weight is 585 g/mol. The van der Waals surface area contributed by atoms with Crippen molar-refractivity contribution in [3.8, 4) is 0 Å². The van der Waals surface area contributed by atoms with Crippen molar-refractivity contribution < 1.29 is 18.9 Å². The summed E-state index contributed by atoms with van der Waals surface area (Å²) in [6, 6.07) is 17.9. The summed E-state index contributed by atoms with van der Waals surface area (Å²) in [7, 11) is 1.76. The molecule has 42 heavy (non-hydrogen) atoms. The Bertz CT molecular complexity index is 1000. The monoisotopic (exact) mass is 584 g/mol. The summed E-state index contributed by atoms with van der Waals surface area (Å²) < 4.78 is 23.7. The molecule has 240 valence electrons. The number of ether oxygens (including phenoxy) is 4. The standard InChI is InChI=1S/C36H58O4.C2H6/c1-27(2)39-26-34(6,7)21-23-38-28(3)29-13-15-30(16-14-29)35(8,9)31-17-19-32(20-18-31)36(10,11)40-24-22-33(4,5)25-37-12;1-2/h13-20,27-28H,21-26H2,1-12H3;1-2H3. The second kappa shape index (κ2) is 16.9. The average Bonchev–Trinajstić information content (AvgIpc) is 2.93. The first kappa shape index (κ1) is 38.3. The van der Waals surface area contributed by atoms with Gasteiger partial charge in [-0.05, 0) is 80.5 Å². The molecule has 0 fully saturated rings. The molecule has 2 aromatic rings. The zero-order chi connectivity index (χ0) is 32.2. The van der Waals surface area contributed by atoms with E-state index in [1.165, 1.54) is 22.3 Å². The maximum Gasteiger partial charge on any atom is 0.0875 e. The molecule has 0 bridgehead atoms. The minimum absolute atomic E-state index is 0.0561. The maximum absolute atomic E-state index is 6.34. The Morgan fingerprint density at radius 3 is 1.55 bits per heavy atom. The van der Waals surface area contributed by atoms with E-state index in [0.717, 1.165) is 32.7 Å². The van der Waals surface area contributed by atoms with E-state index in [4.69, 9.17) is 18.9 Å². The smallest absolute Gasteiger partial charge is 0.0875 e. The van der Waals surface area contributed by atoms with Crippen molar-refractivity contribution >= 4 is 0 Å². The van der Waals surface area contributed by atoms with Gasteiger partial charge in [0.15, 0.2) is 0 Å². The molecule has 0 saturated heterocycles. The van der Waals surface area contributed by atoms with E-state index in [-0.39, 0.29) is 34.1 Å². The van der Waals surface area contributed by atoms with Crippen molar-refractivity contribution in [2.75, 3.05) is 33.5 Å². The summed E-state index contributed by atoms with van der Waals surface area (Å²) in [5.41, 5.74) is 4.73. The summed E-state index contributed by atoms with van der Waals surface area (Å²) >= 11 is 0. The van der Waals surface area contributed by atoms with Gasteiger partial charge >= 0.3 is 0 Å². The fraction of sp³-hybridized carbons (Fsp3) is 0.684. The molecule has 0 aromatic heterocycles. The minimum atomic E-state index is -0.347. The third kappa shape index (κ3) is 12.5. The van der Waals surface area contributed by atoms with E-state index >= 15 is 0 Å². The van der Waals surface area contributed by atoms with E-state index in [1.807, 2.05) is 13.8 Å². The van der Waals surface area contributed by atoms with Crippen molar-refractivity contribution in [2.45, 2.75) is 126 Å². The van der Waals surface area contributed by atoms with Crippen LogP contribution in [0.25, 0.3) is 0 Å². The van der Waals surface area contributed by atoms with Crippen molar-refractivity contribution in [3.63, 3.8) is 0 Å². The molecule has 0 saturated carbocycles. The van der Waals surface area contributed by atoms with Gasteiger partial charge in [0, 0.05) is 25.7 Å². The van der Waals surface area contributed by atoms with Crippen molar-refractivity contribution in [1.82, 2.24) is 0 Å². The van der Waals surface area contributed by atoms with E-state index in [1.54, 1.807) is 7.11 Å². The van der Waals surface area contributed by atoms with Gasteiger partial charge < -0.3 is 18.9 Å². The van der Waals surface area contributed by atoms with Crippen LogP contribution in [0.2, 0.25) is 0 Å². The largest absolute Gasteiger partial charge is 0.384 e. The van der Waals surface area contributed by atoms with Crippen LogP contribution in [-0.4, -0.2) is 39.6 Å². The zero-order valence-corrected chi connectivity index (χ0v) is 29.6. The van der Waals surface area contributed by atoms with Crippen LogP contribution in [0.3, 0.4) is 0 Å². The molecule has 0 spiro atoms. The number of benzene rings is 2. The fourth-order valence-electron chi connectivity index (χ4n) is 4.83. The normalized spacial score (nSPS) is 13.6. The Morgan fingerprint density at radius 2 is 1.05 bits per heavy atom. The second-order valence-electron chi connectivity index (χ2n) is 14.3. The molecule has 0 amide bonds. The number of rotatable bonds is 17. The number of methoxy groups -OCH3 is 1. The number of hydrogen-bond acceptors (Lipinski definition) is 4. The minimum Gasteiger partial charge on any atom is -0.384 e. The van der Waals surface area contributed by atoms with Gasteiger partial charge in [0.1, 0.15) is 0 Å². The first-order chi connectivity index (χ1) is 19.5. The molecule has 0 aliphatic carbocycles. The lowest BCUT2D eigenvalue weighted by Crippen LogP contribution is -2.27. The first-order valence-electron chi connectivity index (χ1n) is 16.1. The van der Waals surface area contributed by atoms with E-state index < -0.39 is 0 Å². The Hall–Kier alpha value is -1.72. The molecule has 0 aliphatic rings. The third-order valence-corrected chi connectivity index (χ3v) is 8.13. The lowest BCUT2D eigenvalue weighted by Gasteiger charge is -2.31. The van der Waals surface area contributed by atoms with Crippen LogP contribution >= 0.6 is 0 Å². The summed E-state index contributed by atoms with van der Waals surface area (Å²) in [5, 5.41) is 0. The molecule has 0 N–H and O–H groups in total. The van der Waals surface area contributed by atoms with E-state index in [2.05, 4.69) is 125 Å². The molecular weight excluding hydrogens is 520 g/mol. The number of hydrogen-bond donors (Lipinski definition) is 0. The van der Waals surface area contributed by atoms with E-state index in [9.17, 15) is 0 Å². The highest BCUT2D eigenvalue weighted by molar-refractivity contribution is 5.40. The molecule has 1 unspecified atom stereocenters. The van der Waals surface area contributed by atoms with Gasteiger partial charge in [0.25, 0.3) is 0 Å². The Balaban J connectivity index is 0.00000431. The molecule has 4 nitrogen and oxygen atoms in total. The highest BCUT2D eigenvalue weighted by Gasteiger charge is 2.27. The van der Waals surface area contributed by atoms with Crippen LogP contribution in [0, 0.1) is 10.8 Å². The molecule has 1 atom stereocenters. The van der Waals surface area contributed by atoms with Crippen molar-refractivity contribution in [3.05, 3.63) is 70.8 Å². The SMILES string of the molecule is CC.COCC(C)(C)CCOC(C)(C)c1ccc(C(C)(C)c2ccc(C(C)OCCC(C)(C)COC(C)C)cc2)cc1.